The van der Waals surface area contributed by atoms with E-state index in [1.807, 2.05) is 61.1 Å². The third kappa shape index (κ3) is 3.93. The number of imidazole rings is 1. The van der Waals surface area contributed by atoms with Crippen molar-refractivity contribution in [1.29, 1.82) is 0 Å². The Morgan fingerprint density at radius 2 is 1.83 bits per heavy atom. The highest BCUT2D eigenvalue weighted by Crippen LogP contribution is 2.34. The van der Waals surface area contributed by atoms with E-state index in [2.05, 4.69) is 48.9 Å². The van der Waals surface area contributed by atoms with Crippen molar-refractivity contribution in [2.24, 2.45) is 4.99 Å². The van der Waals surface area contributed by atoms with Crippen molar-refractivity contribution in [3.8, 4) is 17.0 Å². The molecule has 0 atom stereocenters. The number of phenolic OH excluding ortho intramolecular Hbond substituents is 1. The lowest BCUT2D eigenvalue weighted by Gasteiger charge is -2.12. The summed E-state index contributed by atoms with van der Waals surface area (Å²) in [5.41, 5.74) is 4.29. The van der Waals surface area contributed by atoms with Crippen molar-refractivity contribution in [1.82, 2.24) is 9.38 Å². The number of aromatic hydroxyl groups is 1. The van der Waals surface area contributed by atoms with Crippen molar-refractivity contribution in [3.63, 3.8) is 0 Å². The smallest absolute Gasteiger partial charge is 0.165 e. The Bertz CT molecular complexity index is 1210. The van der Waals surface area contributed by atoms with Crippen LogP contribution in [0.3, 0.4) is 0 Å². The standard InChI is InChI=1S/C22H18Br2N4O/c1-27(2)17-8-6-14(7-9-17)20-22(28-10-4-3-5-19(28)26-20)25-13-15-11-16(23)12-18(24)21(15)29/h3-13,29H,1-2H3/b25-13+. The molecule has 4 aromatic rings. The summed E-state index contributed by atoms with van der Waals surface area (Å²) in [4.78, 5) is 11.5. The molecular weight excluding hydrogens is 496 g/mol. The van der Waals surface area contributed by atoms with E-state index in [0.717, 1.165) is 27.1 Å². The molecule has 0 spiro atoms. The van der Waals surface area contributed by atoms with Crippen LogP contribution in [0.2, 0.25) is 0 Å². The topological polar surface area (TPSA) is 53.1 Å². The van der Waals surface area contributed by atoms with Crippen LogP contribution in [0.1, 0.15) is 5.56 Å². The first-order valence-corrected chi connectivity index (χ1v) is 10.5. The van der Waals surface area contributed by atoms with E-state index in [1.54, 1.807) is 12.3 Å². The van der Waals surface area contributed by atoms with Gasteiger partial charge >= 0.3 is 0 Å². The minimum absolute atomic E-state index is 0.141. The Balaban J connectivity index is 1.84. The fraction of sp³-hybridized carbons (Fsp3) is 0.0909. The lowest BCUT2D eigenvalue weighted by atomic mass is 10.1. The van der Waals surface area contributed by atoms with E-state index in [9.17, 15) is 5.11 Å². The number of rotatable bonds is 4. The van der Waals surface area contributed by atoms with Gasteiger partial charge in [-0.1, -0.05) is 34.1 Å². The van der Waals surface area contributed by atoms with Crippen LogP contribution in [0.15, 0.2) is 74.7 Å². The number of halogens is 2. The zero-order valence-electron chi connectivity index (χ0n) is 15.8. The van der Waals surface area contributed by atoms with Gasteiger partial charge in [0.2, 0.25) is 0 Å². The molecule has 0 radical (unpaired) electrons. The Morgan fingerprint density at radius 3 is 2.55 bits per heavy atom. The number of pyridine rings is 1. The second kappa shape index (κ2) is 8.00. The number of hydrogen-bond donors (Lipinski definition) is 1. The largest absolute Gasteiger partial charge is 0.506 e. The molecule has 0 amide bonds. The van der Waals surface area contributed by atoms with Crippen LogP contribution >= 0.6 is 31.9 Å². The number of aromatic nitrogens is 2. The van der Waals surface area contributed by atoms with E-state index in [-0.39, 0.29) is 5.75 Å². The molecule has 0 fully saturated rings. The van der Waals surface area contributed by atoms with Gasteiger partial charge in [0.1, 0.15) is 17.1 Å². The van der Waals surface area contributed by atoms with Crippen LogP contribution in [-0.2, 0) is 0 Å². The summed E-state index contributed by atoms with van der Waals surface area (Å²) in [6, 6.07) is 17.7. The second-order valence-electron chi connectivity index (χ2n) is 6.74. The van der Waals surface area contributed by atoms with Crippen LogP contribution in [0.5, 0.6) is 5.75 Å². The molecule has 0 aliphatic heterocycles. The van der Waals surface area contributed by atoms with Crippen molar-refractivity contribution in [3.05, 3.63) is 75.3 Å². The van der Waals surface area contributed by atoms with Crippen molar-refractivity contribution >= 4 is 55.2 Å². The van der Waals surface area contributed by atoms with E-state index >= 15 is 0 Å². The Hall–Kier alpha value is -2.64. The molecular formula is C22H18Br2N4O. The average Bonchev–Trinajstić information content (AvgIpc) is 3.08. The third-order valence-electron chi connectivity index (χ3n) is 4.55. The zero-order chi connectivity index (χ0) is 20.5. The highest BCUT2D eigenvalue weighted by atomic mass is 79.9. The van der Waals surface area contributed by atoms with Gasteiger partial charge in [-0.05, 0) is 52.3 Å². The molecule has 2 heterocycles. The van der Waals surface area contributed by atoms with E-state index in [0.29, 0.717) is 15.9 Å². The number of hydrogen-bond acceptors (Lipinski definition) is 4. The quantitative estimate of drug-likeness (QED) is 0.338. The summed E-state index contributed by atoms with van der Waals surface area (Å²) in [5.74, 6) is 0.844. The molecule has 5 nitrogen and oxygen atoms in total. The third-order valence-corrected chi connectivity index (χ3v) is 5.61. The van der Waals surface area contributed by atoms with Crippen molar-refractivity contribution in [2.75, 3.05) is 19.0 Å². The summed E-state index contributed by atoms with van der Waals surface area (Å²) < 4.78 is 3.39. The molecule has 29 heavy (non-hydrogen) atoms. The number of aliphatic imine (C=N–C) groups is 1. The molecule has 0 bridgehead atoms. The maximum atomic E-state index is 10.3. The SMILES string of the molecule is CN(C)c1ccc(-c2nc3ccccn3c2/N=C/c2cc(Br)cc(Br)c2O)cc1. The number of benzene rings is 2. The van der Waals surface area contributed by atoms with Gasteiger partial charge in [-0.3, -0.25) is 4.40 Å². The first-order chi connectivity index (χ1) is 13.9. The summed E-state index contributed by atoms with van der Waals surface area (Å²) in [6.45, 7) is 0. The maximum Gasteiger partial charge on any atom is 0.165 e. The highest BCUT2D eigenvalue weighted by Gasteiger charge is 2.14. The normalized spacial score (nSPS) is 11.4. The molecule has 146 valence electrons. The highest BCUT2D eigenvalue weighted by molar-refractivity contribution is 9.11. The molecule has 0 saturated heterocycles. The predicted molar refractivity (Wildman–Crippen MR) is 126 cm³/mol. The van der Waals surface area contributed by atoms with Gasteiger partial charge in [-0.15, -0.1) is 0 Å². The van der Waals surface area contributed by atoms with Crippen LogP contribution in [0.4, 0.5) is 11.5 Å². The molecule has 0 aliphatic carbocycles. The summed E-state index contributed by atoms with van der Waals surface area (Å²) in [7, 11) is 4.02. The van der Waals surface area contributed by atoms with Gasteiger partial charge in [0.15, 0.2) is 5.82 Å². The van der Waals surface area contributed by atoms with Gasteiger partial charge in [0, 0.05) is 47.8 Å². The van der Waals surface area contributed by atoms with Crippen LogP contribution < -0.4 is 4.90 Å². The van der Waals surface area contributed by atoms with Gasteiger partial charge in [-0.2, -0.15) is 0 Å². The maximum absolute atomic E-state index is 10.3. The molecule has 0 aliphatic rings. The number of anilines is 1. The molecule has 1 N–H and O–H groups in total. The monoisotopic (exact) mass is 512 g/mol. The fourth-order valence-electron chi connectivity index (χ4n) is 3.03. The zero-order valence-corrected chi connectivity index (χ0v) is 19.0. The molecule has 4 rings (SSSR count). The van der Waals surface area contributed by atoms with Gasteiger partial charge < -0.3 is 10.0 Å². The van der Waals surface area contributed by atoms with Crippen molar-refractivity contribution in [2.45, 2.75) is 0 Å². The lowest BCUT2D eigenvalue weighted by Crippen LogP contribution is -2.07. The average molecular weight is 514 g/mol. The lowest BCUT2D eigenvalue weighted by molar-refractivity contribution is 0.471. The summed E-state index contributed by atoms with van der Waals surface area (Å²) in [6.07, 6.45) is 3.59. The van der Waals surface area contributed by atoms with Crippen molar-refractivity contribution < 1.29 is 5.11 Å². The second-order valence-corrected chi connectivity index (χ2v) is 8.51. The molecule has 7 heteroatoms. The van der Waals surface area contributed by atoms with E-state index in [1.165, 1.54) is 0 Å². The fourth-order valence-corrected chi connectivity index (χ4v) is 4.29. The van der Waals surface area contributed by atoms with Gasteiger partial charge in [0.25, 0.3) is 0 Å². The molecule has 2 aromatic heterocycles. The van der Waals surface area contributed by atoms with Gasteiger partial charge in [0.05, 0.1) is 4.47 Å². The minimum Gasteiger partial charge on any atom is -0.506 e. The van der Waals surface area contributed by atoms with E-state index < -0.39 is 0 Å². The Labute approximate surface area is 185 Å². The number of fused-ring (bicyclic) bond motifs is 1. The molecule has 0 unspecified atom stereocenters. The number of phenols is 1. The van der Waals surface area contributed by atoms with Crippen LogP contribution in [0, 0.1) is 0 Å². The minimum atomic E-state index is 0.141. The first-order valence-electron chi connectivity index (χ1n) is 8.91. The molecule has 0 saturated carbocycles. The first kappa shape index (κ1) is 19.7. The Kier molecular flexibility index (Phi) is 5.43. The van der Waals surface area contributed by atoms with Gasteiger partial charge in [-0.25, -0.2) is 9.98 Å². The number of nitrogens with zero attached hydrogens (tertiary/aromatic N) is 4. The predicted octanol–water partition coefficient (Wildman–Crippen LogP) is 6.05. The Morgan fingerprint density at radius 1 is 1.07 bits per heavy atom. The van der Waals surface area contributed by atoms with Crippen LogP contribution in [-0.4, -0.2) is 34.8 Å². The summed E-state index contributed by atoms with van der Waals surface area (Å²) in [5, 5.41) is 10.3. The summed E-state index contributed by atoms with van der Waals surface area (Å²) >= 11 is 6.81. The van der Waals surface area contributed by atoms with E-state index in [4.69, 9.17) is 9.98 Å². The van der Waals surface area contributed by atoms with Crippen LogP contribution in [0.25, 0.3) is 16.9 Å². The molecule has 2 aromatic carbocycles.